The first-order chi connectivity index (χ1) is 11.4. The molecule has 1 amide bonds. The molecule has 0 saturated heterocycles. The summed E-state index contributed by atoms with van der Waals surface area (Å²) in [6.07, 6.45) is 1.30. The lowest BCUT2D eigenvalue weighted by Gasteiger charge is -2.28. The molecule has 0 saturated carbocycles. The van der Waals surface area contributed by atoms with Gasteiger partial charge in [0.1, 0.15) is 0 Å². The zero-order valence-electron chi connectivity index (χ0n) is 14.7. The standard InChI is InChI=1S/C20H26N2O2.ClH/c1-20(2,22-14-18(23)16-6-4-3-5-7-16)13-12-15-8-10-17(11-9-15)19(21)24;/h3-11,18,22-23H,12-14H2,1-2H3,(H2,21,24);1H. The lowest BCUT2D eigenvalue weighted by Crippen LogP contribution is -2.41. The maximum Gasteiger partial charge on any atom is 0.248 e. The lowest BCUT2D eigenvalue weighted by atomic mass is 9.94. The molecule has 25 heavy (non-hydrogen) atoms. The van der Waals surface area contributed by atoms with Crippen LogP contribution >= 0.6 is 12.4 Å². The number of primary amides is 1. The highest BCUT2D eigenvalue weighted by Gasteiger charge is 2.19. The molecular weight excluding hydrogens is 336 g/mol. The molecule has 2 aromatic rings. The largest absolute Gasteiger partial charge is 0.387 e. The normalized spacial score (nSPS) is 12.3. The van der Waals surface area contributed by atoms with Crippen molar-refractivity contribution in [2.75, 3.05) is 6.54 Å². The highest BCUT2D eigenvalue weighted by molar-refractivity contribution is 5.92. The number of hydrogen-bond donors (Lipinski definition) is 3. The van der Waals surface area contributed by atoms with E-state index in [9.17, 15) is 9.90 Å². The Kier molecular flexibility index (Phi) is 8.10. The molecule has 1 unspecified atom stereocenters. The van der Waals surface area contributed by atoms with E-state index < -0.39 is 12.0 Å². The molecule has 0 aliphatic carbocycles. The first kappa shape index (κ1) is 21.2. The van der Waals surface area contributed by atoms with E-state index in [0.717, 1.165) is 18.4 Å². The summed E-state index contributed by atoms with van der Waals surface area (Å²) in [6, 6.07) is 17.1. The van der Waals surface area contributed by atoms with Gasteiger partial charge in [0.05, 0.1) is 6.10 Å². The molecule has 0 heterocycles. The first-order valence-corrected chi connectivity index (χ1v) is 8.24. The van der Waals surface area contributed by atoms with E-state index in [1.807, 2.05) is 42.5 Å². The molecule has 0 aliphatic rings. The molecule has 5 heteroatoms. The van der Waals surface area contributed by atoms with Crippen molar-refractivity contribution in [3.05, 3.63) is 71.3 Å². The second-order valence-corrected chi connectivity index (χ2v) is 6.75. The fourth-order valence-corrected chi connectivity index (χ4v) is 2.55. The minimum atomic E-state index is -0.514. The van der Waals surface area contributed by atoms with Crippen molar-refractivity contribution in [3.8, 4) is 0 Å². The zero-order valence-corrected chi connectivity index (χ0v) is 15.6. The molecule has 1 atom stereocenters. The number of carbonyl (C=O) groups is 1. The maximum absolute atomic E-state index is 11.1. The van der Waals surface area contributed by atoms with Gasteiger partial charge in [-0.15, -0.1) is 12.4 Å². The maximum atomic E-state index is 11.1. The summed E-state index contributed by atoms with van der Waals surface area (Å²) in [5.74, 6) is -0.404. The van der Waals surface area contributed by atoms with Crippen LogP contribution in [0.3, 0.4) is 0 Å². The van der Waals surface area contributed by atoms with Gasteiger partial charge in [0.25, 0.3) is 0 Å². The van der Waals surface area contributed by atoms with Crippen LogP contribution in [0.2, 0.25) is 0 Å². The van der Waals surface area contributed by atoms with E-state index in [4.69, 9.17) is 5.73 Å². The summed E-state index contributed by atoms with van der Waals surface area (Å²) >= 11 is 0. The third-order valence-corrected chi connectivity index (χ3v) is 4.24. The summed E-state index contributed by atoms with van der Waals surface area (Å²) in [5, 5.41) is 13.7. The van der Waals surface area contributed by atoms with E-state index in [0.29, 0.717) is 12.1 Å². The number of aliphatic hydroxyl groups excluding tert-OH is 1. The number of nitrogens with one attached hydrogen (secondary N) is 1. The van der Waals surface area contributed by atoms with Crippen LogP contribution < -0.4 is 11.1 Å². The Morgan fingerprint density at radius 1 is 1.12 bits per heavy atom. The summed E-state index contributed by atoms with van der Waals surface area (Å²) in [4.78, 5) is 11.1. The van der Waals surface area contributed by atoms with Gasteiger partial charge in [-0.05, 0) is 49.9 Å². The van der Waals surface area contributed by atoms with Crippen molar-refractivity contribution in [2.24, 2.45) is 5.73 Å². The number of nitrogens with two attached hydrogens (primary N) is 1. The van der Waals surface area contributed by atoms with Crippen LogP contribution in [-0.2, 0) is 6.42 Å². The van der Waals surface area contributed by atoms with Crippen molar-refractivity contribution >= 4 is 18.3 Å². The van der Waals surface area contributed by atoms with Crippen molar-refractivity contribution in [2.45, 2.75) is 38.3 Å². The predicted molar refractivity (Wildman–Crippen MR) is 104 cm³/mol. The number of aryl methyl sites for hydroxylation is 1. The van der Waals surface area contributed by atoms with Gasteiger partial charge in [0.2, 0.25) is 5.91 Å². The molecule has 136 valence electrons. The highest BCUT2D eigenvalue weighted by atomic mass is 35.5. The quantitative estimate of drug-likeness (QED) is 0.674. The van der Waals surface area contributed by atoms with E-state index >= 15 is 0 Å². The molecule has 4 nitrogen and oxygen atoms in total. The zero-order chi connectivity index (χ0) is 17.6. The minimum Gasteiger partial charge on any atom is -0.387 e. The Bertz CT molecular complexity index is 657. The van der Waals surface area contributed by atoms with Crippen molar-refractivity contribution < 1.29 is 9.90 Å². The van der Waals surface area contributed by atoms with Gasteiger partial charge in [-0.25, -0.2) is 0 Å². The molecular formula is C20H27ClN2O2. The molecule has 0 aromatic heterocycles. The molecule has 2 rings (SSSR count). The van der Waals surface area contributed by atoms with Crippen molar-refractivity contribution in [1.29, 1.82) is 0 Å². The minimum absolute atomic E-state index is 0. The summed E-state index contributed by atoms with van der Waals surface area (Å²) in [5.41, 5.74) is 7.77. The van der Waals surface area contributed by atoms with E-state index in [1.165, 1.54) is 5.56 Å². The SMILES string of the molecule is CC(C)(CCc1ccc(C(N)=O)cc1)NCC(O)c1ccccc1.Cl. The molecule has 0 aliphatic heterocycles. The smallest absolute Gasteiger partial charge is 0.248 e. The summed E-state index contributed by atoms with van der Waals surface area (Å²) in [7, 11) is 0. The Morgan fingerprint density at radius 2 is 1.72 bits per heavy atom. The number of benzene rings is 2. The van der Waals surface area contributed by atoms with Crippen LogP contribution in [0.25, 0.3) is 0 Å². The molecule has 4 N–H and O–H groups in total. The van der Waals surface area contributed by atoms with Crippen LogP contribution in [0.15, 0.2) is 54.6 Å². The predicted octanol–water partition coefficient (Wildman–Crippen LogP) is 3.24. The first-order valence-electron chi connectivity index (χ1n) is 8.24. The van der Waals surface area contributed by atoms with E-state index in [1.54, 1.807) is 12.1 Å². The molecule has 0 bridgehead atoms. The van der Waals surface area contributed by atoms with Crippen molar-refractivity contribution in [1.82, 2.24) is 5.32 Å². The van der Waals surface area contributed by atoms with Crippen LogP contribution in [-0.4, -0.2) is 23.1 Å². The number of hydrogen-bond acceptors (Lipinski definition) is 3. The topological polar surface area (TPSA) is 75.4 Å². The Balaban J connectivity index is 0.00000312. The second kappa shape index (κ2) is 9.56. The third kappa shape index (κ3) is 6.86. The number of amides is 1. The van der Waals surface area contributed by atoms with E-state index in [2.05, 4.69) is 19.2 Å². The van der Waals surface area contributed by atoms with Gasteiger partial charge < -0.3 is 16.2 Å². The molecule has 0 fully saturated rings. The molecule has 2 aromatic carbocycles. The van der Waals surface area contributed by atoms with Gasteiger partial charge in [-0.1, -0.05) is 42.5 Å². The van der Waals surface area contributed by atoms with E-state index in [-0.39, 0.29) is 17.9 Å². The highest BCUT2D eigenvalue weighted by Crippen LogP contribution is 2.17. The molecule has 0 radical (unpaired) electrons. The Morgan fingerprint density at radius 3 is 2.28 bits per heavy atom. The van der Waals surface area contributed by atoms with Crippen LogP contribution in [0.5, 0.6) is 0 Å². The average Bonchev–Trinajstić information content (AvgIpc) is 2.59. The number of aliphatic hydroxyl groups is 1. The summed E-state index contributed by atoms with van der Waals surface area (Å²) < 4.78 is 0. The summed E-state index contributed by atoms with van der Waals surface area (Å²) in [6.45, 7) is 4.77. The van der Waals surface area contributed by atoms with Gasteiger partial charge in [-0.2, -0.15) is 0 Å². The monoisotopic (exact) mass is 362 g/mol. The third-order valence-electron chi connectivity index (χ3n) is 4.24. The number of halogens is 1. The fourth-order valence-electron chi connectivity index (χ4n) is 2.55. The lowest BCUT2D eigenvalue weighted by molar-refractivity contribution is 0.100. The Labute approximate surface area is 155 Å². The van der Waals surface area contributed by atoms with Gasteiger partial charge >= 0.3 is 0 Å². The van der Waals surface area contributed by atoms with Crippen molar-refractivity contribution in [3.63, 3.8) is 0 Å². The average molecular weight is 363 g/mol. The van der Waals surface area contributed by atoms with Gasteiger partial charge in [0.15, 0.2) is 0 Å². The number of β-amino-alcohol motifs (C(OH)–C–C–N with tert-alkyl or cyclic N) is 1. The number of carbonyl (C=O) groups excluding carboxylic acids is 1. The fraction of sp³-hybridized carbons (Fsp3) is 0.350. The van der Waals surface area contributed by atoms with Crippen LogP contribution in [0.1, 0.15) is 47.9 Å². The van der Waals surface area contributed by atoms with Crippen LogP contribution in [0, 0.1) is 0 Å². The van der Waals surface area contributed by atoms with Gasteiger partial charge in [-0.3, -0.25) is 4.79 Å². The van der Waals surface area contributed by atoms with Gasteiger partial charge in [0, 0.05) is 17.6 Å². The number of rotatable bonds is 8. The second-order valence-electron chi connectivity index (χ2n) is 6.75. The Hall–Kier alpha value is -1.88. The molecule has 0 spiro atoms. The van der Waals surface area contributed by atoms with Crippen LogP contribution in [0.4, 0.5) is 0 Å².